The molecule has 5 nitrogen and oxygen atoms in total. The summed E-state index contributed by atoms with van der Waals surface area (Å²) in [6, 6.07) is 0. The first-order valence-corrected chi connectivity index (χ1v) is 6.46. The minimum Gasteiger partial charge on any atom is -0.338 e. The van der Waals surface area contributed by atoms with E-state index in [0.717, 1.165) is 18.7 Å². The molecular formula is C13H22N4O. The molecule has 1 aromatic heterocycles. The van der Waals surface area contributed by atoms with Crippen molar-refractivity contribution in [3.05, 3.63) is 18.2 Å². The predicted octanol–water partition coefficient (Wildman–Crippen LogP) is 0.898. The van der Waals surface area contributed by atoms with Crippen molar-refractivity contribution < 1.29 is 4.79 Å². The van der Waals surface area contributed by atoms with E-state index in [1.165, 1.54) is 6.42 Å². The quantitative estimate of drug-likeness (QED) is 0.844. The van der Waals surface area contributed by atoms with Crippen molar-refractivity contribution >= 4 is 5.91 Å². The predicted molar refractivity (Wildman–Crippen MR) is 69.6 cm³/mol. The molecule has 2 N–H and O–H groups in total. The van der Waals surface area contributed by atoms with Gasteiger partial charge in [0.25, 0.3) is 0 Å². The third-order valence-corrected chi connectivity index (χ3v) is 4.10. The molecule has 100 valence electrons. The average molecular weight is 250 g/mol. The molecular weight excluding hydrogens is 228 g/mol. The number of hydrogen-bond acceptors (Lipinski definition) is 3. The van der Waals surface area contributed by atoms with E-state index in [4.69, 9.17) is 5.73 Å². The van der Waals surface area contributed by atoms with Gasteiger partial charge in [0.1, 0.15) is 5.82 Å². The van der Waals surface area contributed by atoms with Crippen molar-refractivity contribution in [1.29, 1.82) is 0 Å². The van der Waals surface area contributed by atoms with E-state index in [1.807, 2.05) is 24.9 Å². The smallest absolute Gasteiger partial charge is 0.223 e. The average Bonchev–Trinajstić information content (AvgIpc) is 2.69. The van der Waals surface area contributed by atoms with Crippen LogP contribution in [0.5, 0.6) is 0 Å². The number of nitrogens with two attached hydrogens (primary N) is 1. The molecule has 0 aliphatic heterocycles. The molecule has 0 unspecified atom stereocenters. The molecule has 0 radical (unpaired) electrons. The Morgan fingerprint density at radius 1 is 1.61 bits per heavy atom. The highest BCUT2D eigenvalue weighted by Crippen LogP contribution is 2.43. The monoisotopic (exact) mass is 250 g/mol. The molecule has 1 saturated carbocycles. The van der Waals surface area contributed by atoms with Crippen molar-refractivity contribution in [3.8, 4) is 0 Å². The Labute approximate surface area is 108 Å². The zero-order valence-corrected chi connectivity index (χ0v) is 11.2. The Kier molecular flexibility index (Phi) is 3.71. The lowest BCUT2D eigenvalue weighted by atomic mass is 9.66. The second kappa shape index (κ2) is 5.10. The molecule has 1 amide bonds. The number of aromatic nitrogens is 2. The minimum atomic E-state index is 0.0764. The Hall–Kier alpha value is -1.36. The first-order chi connectivity index (χ1) is 8.56. The number of nitrogens with zero attached hydrogens (tertiary/aromatic N) is 3. The molecule has 0 saturated heterocycles. The zero-order chi connectivity index (χ0) is 13.2. The Morgan fingerprint density at radius 3 is 2.78 bits per heavy atom. The second-order valence-electron chi connectivity index (χ2n) is 5.44. The second-order valence-corrected chi connectivity index (χ2v) is 5.44. The van der Waals surface area contributed by atoms with E-state index in [2.05, 4.69) is 4.98 Å². The minimum absolute atomic E-state index is 0.0764. The molecule has 5 heteroatoms. The summed E-state index contributed by atoms with van der Waals surface area (Å²) < 4.78 is 1.94. The van der Waals surface area contributed by atoms with E-state index < -0.39 is 0 Å². The molecule has 0 bridgehead atoms. The van der Waals surface area contributed by atoms with E-state index in [9.17, 15) is 4.79 Å². The molecule has 1 aromatic rings. The number of rotatable bonds is 5. The van der Waals surface area contributed by atoms with E-state index >= 15 is 0 Å². The number of amides is 1. The highest BCUT2D eigenvalue weighted by Gasteiger charge is 2.38. The van der Waals surface area contributed by atoms with Gasteiger partial charge in [-0.25, -0.2) is 4.98 Å². The number of aryl methyl sites for hydroxylation is 1. The van der Waals surface area contributed by atoms with Crippen LogP contribution in [0.15, 0.2) is 12.4 Å². The van der Waals surface area contributed by atoms with Crippen LogP contribution in [0.1, 0.15) is 31.5 Å². The van der Waals surface area contributed by atoms with Crippen molar-refractivity contribution in [3.63, 3.8) is 0 Å². The summed E-state index contributed by atoms with van der Waals surface area (Å²) in [4.78, 5) is 18.2. The molecule has 1 fully saturated rings. The van der Waals surface area contributed by atoms with Gasteiger partial charge >= 0.3 is 0 Å². The topological polar surface area (TPSA) is 64.2 Å². The van der Waals surface area contributed by atoms with Crippen LogP contribution in [0.2, 0.25) is 0 Å². The highest BCUT2D eigenvalue weighted by molar-refractivity contribution is 5.76. The Balaban J connectivity index is 1.91. The van der Waals surface area contributed by atoms with Gasteiger partial charge in [-0.1, -0.05) is 6.42 Å². The van der Waals surface area contributed by atoms with Crippen LogP contribution in [0, 0.1) is 5.41 Å². The van der Waals surface area contributed by atoms with E-state index in [-0.39, 0.29) is 11.3 Å². The fraction of sp³-hybridized carbons (Fsp3) is 0.692. The van der Waals surface area contributed by atoms with Crippen LogP contribution in [0.3, 0.4) is 0 Å². The Bertz CT molecular complexity index is 417. The summed E-state index contributed by atoms with van der Waals surface area (Å²) in [6.07, 6.45) is 7.59. The van der Waals surface area contributed by atoms with Crippen molar-refractivity contribution in [2.45, 2.75) is 32.2 Å². The number of imidazole rings is 1. The molecule has 1 aliphatic carbocycles. The van der Waals surface area contributed by atoms with Crippen LogP contribution >= 0.6 is 0 Å². The lowest BCUT2D eigenvalue weighted by molar-refractivity contribution is -0.134. The van der Waals surface area contributed by atoms with Crippen LogP contribution in [-0.2, 0) is 18.4 Å². The summed E-state index contributed by atoms with van der Waals surface area (Å²) in [5.74, 6) is 1.07. The van der Waals surface area contributed by atoms with Gasteiger partial charge in [-0.15, -0.1) is 0 Å². The maximum atomic E-state index is 12.2. The molecule has 18 heavy (non-hydrogen) atoms. The fourth-order valence-corrected chi connectivity index (χ4v) is 2.43. The molecule has 2 rings (SSSR count). The van der Waals surface area contributed by atoms with Gasteiger partial charge < -0.3 is 15.2 Å². The Morgan fingerprint density at radius 2 is 2.33 bits per heavy atom. The zero-order valence-electron chi connectivity index (χ0n) is 11.2. The summed E-state index contributed by atoms with van der Waals surface area (Å²) in [5.41, 5.74) is 5.87. The van der Waals surface area contributed by atoms with Crippen LogP contribution in [-0.4, -0.2) is 34.0 Å². The highest BCUT2D eigenvalue weighted by atomic mass is 16.2. The van der Waals surface area contributed by atoms with Gasteiger partial charge in [0.2, 0.25) is 5.91 Å². The molecule has 0 spiro atoms. The summed E-state index contributed by atoms with van der Waals surface area (Å²) >= 11 is 0. The molecule has 0 atom stereocenters. The number of carbonyl (C=O) groups is 1. The number of hydrogen-bond donors (Lipinski definition) is 1. The third-order valence-electron chi connectivity index (χ3n) is 4.10. The van der Waals surface area contributed by atoms with Crippen molar-refractivity contribution in [1.82, 2.24) is 14.5 Å². The van der Waals surface area contributed by atoms with Crippen LogP contribution < -0.4 is 5.73 Å². The largest absolute Gasteiger partial charge is 0.338 e. The number of carbonyl (C=O) groups excluding carboxylic acids is 1. The van der Waals surface area contributed by atoms with Crippen LogP contribution in [0.25, 0.3) is 0 Å². The van der Waals surface area contributed by atoms with Gasteiger partial charge in [0.15, 0.2) is 0 Å². The first kappa shape index (κ1) is 13.1. The SMILES string of the molecule is CN(Cc1nccn1C)C(=O)CC1(CN)CCC1. The molecule has 0 aromatic carbocycles. The maximum Gasteiger partial charge on any atom is 0.223 e. The summed E-state index contributed by atoms with van der Waals surface area (Å²) in [5, 5.41) is 0. The van der Waals surface area contributed by atoms with E-state index in [0.29, 0.717) is 19.5 Å². The summed E-state index contributed by atoms with van der Waals surface area (Å²) in [6.45, 7) is 1.18. The lowest BCUT2D eigenvalue weighted by Crippen LogP contribution is -2.42. The third kappa shape index (κ3) is 2.56. The van der Waals surface area contributed by atoms with Crippen LogP contribution in [0.4, 0.5) is 0 Å². The summed E-state index contributed by atoms with van der Waals surface area (Å²) in [7, 11) is 3.77. The van der Waals surface area contributed by atoms with E-state index in [1.54, 1.807) is 11.1 Å². The van der Waals surface area contributed by atoms with Gasteiger partial charge in [-0.3, -0.25) is 4.79 Å². The maximum absolute atomic E-state index is 12.2. The fourth-order valence-electron chi connectivity index (χ4n) is 2.43. The van der Waals surface area contributed by atoms with Gasteiger partial charge in [0, 0.05) is 32.9 Å². The van der Waals surface area contributed by atoms with Gasteiger partial charge in [0.05, 0.1) is 6.54 Å². The molecule has 1 heterocycles. The van der Waals surface area contributed by atoms with Gasteiger partial charge in [-0.05, 0) is 24.8 Å². The first-order valence-electron chi connectivity index (χ1n) is 6.46. The standard InChI is InChI=1S/C13H22N4O/c1-16-7-6-15-11(16)9-17(2)12(18)8-13(10-14)4-3-5-13/h6-7H,3-5,8-10,14H2,1-2H3. The normalized spacial score (nSPS) is 17.3. The molecule has 1 aliphatic rings. The van der Waals surface area contributed by atoms with Gasteiger partial charge in [-0.2, -0.15) is 0 Å². The lowest BCUT2D eigenvalue weighted by Gasteiger charge is -2.41. The van der Waals surface area contributed by atoms with Crippen molar-refractivity contribution in [2.75, 3.05) is 13.6 Å². The van der Waals surface area contributed by atoms with Crippen molar-refractivity contribution in [2.24, 2.45) is 18.2 Å².